The normalized spacial score (nSPS) is 22.1. The van der Waals surface area contributed by atoms with Crippen molar-refractivity contribution in [2.24, 2.45) is 5.73 Å². The van der Waals surface area contributed by atoms with Gasteiger partial charge in [-0.05, 0) is 67.3 Å². The van der Waals surface area contributed by atoms with Crippen molar-refractivity contribution in [3.05, 3.63) is 65.0 Å². The lowest BCUT2D eigenvalue weighted by molar-refractivity contribution is -0.141. The minimum Gasteiger partial charge on any atom is -0.493 e. The van der Waals surface area contributed by atoms with Gasteiger partial charge in [0.1, 0.15) is 17.6 Å². The summed E-state index contributed by atoms with van der Waals surface area (Å²) in [4.78, 5) is 39.4. The third-order valence-electron chi connectivity index (χ3n) is 8.08. The summed E-state index contributed by atoms with van der Waals surface area (Å²) in [6.45, 7) is 2.56. The number of hydrogen-bond donors (Lipinski definition) is 4. The number of hydrogen-bond acceptors (Lipinski definition) is 6. The molecule has 0 aromatic heterocycles. The van der Waals surface area contributed by atoms with Crippen molar-refractivity contribution < 1.29 is 28.6 Å². The van der Waals surface area contributed by atoms with Gasteiger partial charge in [-0.3, -0.25) is 14.4 Å². The lowest BCUT2D eigenvalue weighted by atomic mass is 9.97. The van der Waals surface area contributed by atoms with Crippen LogP contribution in [0.1, 0.15) is 62.1 Å². The predicted molar refractivity (Wildman–Crippen MR) is 152 cm³/mol. The van der Waals surface area contributed by atoms with Gasteiger partial charge in [-0.25, -0.2) is 4.39 Å². The number of halogens is 1. The number of nitrogens with two attached hydrogens (primary N) is 1. The van der Waals surface area contributed by atoms with Gasteiger partial charge in [-0.2, -0.15) is 0 Å². The first kappa shape index (κ1) is 30.5. The quantitative estimate of drug-likeness (QED) is 0.386. The Kier molecular flexibility index (Phi) is 9.99. The minimum absolute atomic E-state index is 0.0992. The molecule has 2 aromatic rings. The van der Waals surface area contributed by atoms with Crippen LogP contribution in [-0.2, 0) is 32.8 Å². The summed E-state index contributed by atoms with van der Waals surface area (Å²) in [6.07, 6.45) is 2.62. The molecule has 3 atom stereocenters. The minimum atomic E-state index is -1.14. The summed E-state index contributed by atoms with van der Waals surface area (Å²) in [5, 5.41) is 17.7. The van der Waals surface area contributed by atoms with E-state index in [-0.39, 0.29) is 37.3 Å². The molecule has 2 aliphatic rings. The number of nitrogens with one attached hydrogen (secondary N) is 2. The molecule has 1 fully saturated rings. The van der Waals surface area contributed by atoms with Crippen LogP contribution in [0.15, 0.2) is 42.5 Å². The molecule has 1 aliphatic heterocycles. The van der Waals surface area contributed by atoms with Gasteiger partial charge in [0, 0.05) is 31.6 Å². The molecule has 41 heavy (non-hydrogen) atoms. The Hall–Kier alpha value is -3.50. The van der Waals surface area contributed by atoms with E-state index in [1.165, 1.54) is 29.6 Å². The number of aryl methyl sites for hydroxylation is 1. The lowest BCUT2D eigenvalue weighted by Crippen LogP contribution is -2.56. The molecule has 0 radical (unpaired) electrons. The highest BCUT2D eigenvalue weighted by Crippen LogP contribution is 2.45. The first-order valence-corrected chi connectivity index (χ1v) is 14.4. The van der Waals surface area contributed by atoms with E-state index in [4.69, 9.17) is 10.5 Å². The molecule has 2 aromatic carbocycles. The highest BCUT2D eigenvalue weighted by Gasteiger charge is 2.44. The summed E-state index contributed by atoms with van der Waals surface area (Å²) in [6, 6.07) is 10.7. The summed E-state index contributed by atoms with van der Waals surface area (Å²) >= 11 is 0. The van der Waals surface area contributed by atoms with Crippen LogP contribution < -0.4 is 21.1 Å². The zero-order valence-electron chi connectivity index (χ0n) is 23.8. The zero-order valence-corrected chi connectivity index (χ0v) is 23.8. The summed E-state index contributed by atoms with van der Waals surface area (Å²) in [5.41, 5.74) is 8.10. The number of likely N-dealkylation sites (N-methyl/N-ethyl adjacent to an activating group) is 1. The Morgan fingerprint density at radius 2 is 2.02 bits per heavy atom. The third kappa shape index (κ3) is 8.04. The third-order valence-corrected chi connectivity index (χ3v) is 8.08. The van der Waals surface area contributed by atoms with Gasteiger partial charge in [0.05, 0.1) is 25.2 Å². The number of aliphatic hydroxyl groups excluding tert-OH is 1. The average molecular weight is 569 g/mol. The molecule has 4 rings (SSSR count). The van der Waals surface area contributed by atoms with E-state index >= 15 is 0 Å². The Morgan fingerprint density at radius 3 is 2.73 bits per heavy atom. The summed E-state index contributed by atoms with van der Waals surface area (Å²) in [5.74, 6) is -1.79. The molecular formula is C31H41FN4O5. The topological polar surface area (TPSA) is 134 Å². The number of primary amides is 1. The van der Waals surface area contributed by atoms with Crippen LogP contribution in [0.4, 0.5) is 4.39 Å². The van der Waals surface area contributed by atoms with Crippen molar-refractivity contribution in [1.29, 1.82) is 0 Å². The fourth-order valence-electron chi connectivity index (χ4n) is 5.38. The van der Waals surface area contributed by atoms with E-state index in [1.807, 2.05) is 6.07 Å². The van der Waals surface area contributed by atoms with Crippen molar-refractivity contribution in [3.63, 3.8) is 0 Å². The molecule has 0 spiro atoms. The number of nitrogens with zero attached hydrogens (tertiary/aromatic N) is 1. The zero-order chi connectivity index (χ0) is 29.6. The van der Waals surface area contributed by atoms with Crippen LogP contribution in [0.5, 0.6) is 5.75 Å². The second-order valence-electron chi connectivity index (χ2n) is 11.2. The van der Waals surface area contributed by atoms with E-state index in [9.17, 15) is 23.9 Å². The number of ether oxygens (including phenoxy) is 1. The van der Waals surface area contributed by atoms with Crippen LogP contribution in [-0.4, -0.2) is 66.1 Å². The molecule has 1 saturated carbocycles. The van der Waals surface area contributed by atoms with E-state index in [0.29, 0.717) is 30.8 Å². The van der Waals surface area contributed by atoms with Crippen molar-refractivity contribution in [1.82, 2.24) is 15.5 Å². The van der Waals surface area contributed by atoms with Crippen molar-refractivity contribution in [2.45, 2.75) is 82.0 Å². The smallest absolute Gasteiger partial charge is 0.243 e. The largest absolute Gasteiger partial charge is 0.493 e. The molecule has 222 valence electrons. The van der Waals surface area contributed by atoms with Crippen molar-refractivity contribution >= 4 is 17.7 Å². The Labute approximate surface area is 240 Å². The number of carbonyl (C=O) groups excluding carboxylic acids is 3. The van der Waals surface area contributed by atoms with E-state index in [1.54, 1.807) is 6.07 Å². The molecule has 10 heteroatoms. The van der Waals surface area contributed by atoms with Gasteiger partial charge in [-0.15, -0.1) is 0 Å². The van der Waals surface area contributed by atoms with Crippen LogP contribution in [0, 0.1) is 5.82 Å². The van der Waals surface area contributed by atoms with Gasteiger partial charge >= 0.3 is 0 Å². The number of aliphatic hydroxyl groups is 1. The maximum absolute atomic E-state index is 14.5. The number of carbonyl (C=O) groups is 3. The Bertz CT molecular complexity index is 1250. The maximum Gasteiger partial charge on any atom is 0.243 e. The highest BCUT2D eigenvalue weighted by molar-refractivity contribution is 5.91. The Balaban J connectivity index is 1.59. The summed E-state index contributed by atoms with van der Waals surface area (Å²) < 4.78 is 20.3. The van der Waals surface area contributed by atoms with Crippen LogP contribution in [0.25, 0.3) is 0 Å². The van der Waals surface area contributed by atoms with Gasteiger partial charge < -0.3 is 31.1 Å². The molecule has 1 heterocycles. The maximum atomic E-state index is 14.5. The average Bonchev–Trinajstić information content (AvgIpc) is 3.74. The van der Waals surface area contributed by atoms with Gasteiger partial charge in [0.15, 0.2) is 0 Å². The van der Waals surface area contributed by atoms with Crippen molar-refractivity contribution in [3.8, 4) is 5.75 Å². The van der Waals surface area contributed by atoms with E-state index in [0.717, 1.165) is 24.8 Å². The Morgan fingerprint density at radius 1 is 1.24 bits per heavy atom. The van der Waals surface area contributed by atoms with Gasteiger partial charge in [0.25, 0.3) is 0 Å². The standard InChI is InChI=1S/C31H41FN4O5/c1-3-20-7-6-8-22(13-20)31(10-11-31)34-19-27(37)25-16-21-14-23(32)17-24(15-21)41-12-5-4-9-29(39)36(2)26(18-28(33)38)30(40)35-25/h6-8,13-15,17,25-27,34,37H,3-5,9-12,16,18-19H2,1-2H3,(H2,33,38)(H,35,40)/t25-,26?,27+/m0/s1. The highest BCUT2D eigenvalue weighted by atomic mass is 19.1. The molecule has 1 unspecified atom stereocenters. The molecule has 2 bridgehead atoms. The second-order valence-corrected chi connectivity index (χ2v) is 11.2. The predicted octanol–water partition coefficient (Wildman–Crippen LogP) is 2.32. The summed E-state index contributed by atoms with van der Waals surface area (Å²) in [7, 11) is 1.47. The molecule has 9 nitrogen and oxygen atoms in total. The number of rotatable bonds is 8. The van der Waals surface area contributed by atoms with Crippen LogP contribution in [0.3, 0.4) is 0 Å². The number of benzene rings is 2. The van der Waals surface area contributed by atoms with Crippen LogP contribution >= 0.6 is 0 Å². The molecule has 5 N–H and O–H groups in total. The van der Waals surface area contributed by atoms with Crippen LogP contribution in [0.2, 0.25) is 0 Å². The molecule has 3 amide bonds. The van der Waals surface area contributed by atoms with Gasteiger partial charge in [0.2, 0.25) is 17.7 Å². The van der Waals surface area contributed by atoms with E-state index < -0.39 is 35.8 Å². The van der Waals surface area contributed by atoms with E-state index in [2.05, 4.69) is 35.8 Å². The molecule has 1 aliphatic carbocycles. The first-order valence-electron chi connectivity index (χ1n) is 14.4. The molecule has 0 saturated heterocycles. The number of amides is 3. The fraction of sp³-hybridized carbons (Fsp3) is 0.516. The molecular weight excluding hydrogens is 527 g/mol. The fourth-order valence-corrected chi connectivity index (χ4v) is 5.38. The second kappa shape index (κ2) is 13.4. The van der Waals surface area contributed by atoms with Gasteiger partial charge in [-0.1, -0.05) is 31.2 Å². The SMILES string of the molecule is CCc1cccc(C2(NC[C@@H](O)[C@@H]3Cc4cc(F)cc(c4)OCCCCC(=O)N(C)C(CC(N)=O)C(=O)N3)CC2)c1. The number of fused-ring (bicyclic) bond motifs is 2. The first-order chi connectivity index (χ1) is 19.6. The monoisotopic (exact) mass is 568 g/mol. The van der Waals surface area contributed by atoms with Crippen molar-refractivity contribution in [2.75, 3.05) is 20.2 Å². The lowest BCUT2D eigenvalue weighted by Gasteiger charge is -2.31.